The lowest BCUT2D eigenvalue weighted by Crippen LogP contribution is -2.56. The zero-order valence-corrected chi connectivity index (χ0v) is 22.4. The van der Waals surface area contributed by atoms with E-state index in [-0.39, 0.29) is 18.7 Å². The highest BCUT2D eigenvalue weighted by molar-refractivity contribution is 5.95. The van der Waals surface area contributed by atoms with Gasteiger partial charge in [0.1, 0.15) is 0 Å². The SMILES string of the molecule is Cc1ccc(CC2CN(C/C=C/C3CNCCO3)CCN2C(=O)c2cc(C(F)(F)F)cc(C(F)(F)F)c2)cc1C. The van der Waals surface area contributed by atoms with Gasteiger partial charge in [-0.2, -0.15) is 26.3 Å². The fourth-order valence-electron chi connectivity index (χ4n) is 5.05. The summed E-state index contributed by atoms with van der Waals surface area (Å²) in [5.74, 6) is -0.845. The number of halogens is 6. The van der Waals surface area contributed by atoms with Crippen LogP contribution in [0.5, 0.6) is 0 Å². The van der Waals surface area contributed by atoms with Gasteiger partial charge in [0.05, 0.1) is 23.8 Å². The van der Waals surface area contributed by atoms with Crippen molar-refractivity contribution in [2.45, 2.75) is 44.8 Å². The van der Waals surface area contributed by atoms with Crippen LogP contribution in [0.2, 0.25) is 0 Å². The Kier molecular flexibility index (Phi) is 9.26. The minimum Gasteiger partial charge on any atom is -0.372 e. The van der Waals surface area contributed by atoms with Gasteiger partial charge in [0, 0.05) is 50.9 Å². The first kappa shape index (κ1) is 30.1. The number of morpholine rings is 1. The third-order valence-electron chi connectivity index (χ3n) is 7.38. The molecule has 2 aliphatic rings. The molecule has 218 valence electrons. The summed E-state index contributed by atoms with van der Waals surface area (Å²) < 4.78 is 86.4. The van der Waals surface area contributed by atoms with Crippen molar-refractivity contribution in [1.29, 1.82) is 0 Å². The summed E-state index contributed by atoms with van der Waals surface area (Å²) in [5.41, 5.74) is -0.540. The normalized spacial score (nSPS) is 21.2. The maximum absolute atomic E-state index is 13.5. The van der Waals surface area contributed by atoms with Gasteiger partial charge < -0.3 is 15.0 Å². The lowest BCUT2D eigenvalue weighted by atomic mass is 9.97. The van der Waals surface area contributed by atoms with E-state index in [0.29, 0.717) is 51.3 Å². The van der Waals surface area contributed by atoms with E-state index in [4.69, 9.17) is 4.74 Å². The number of benzene rings is 2. The van der Waals surface area contributed by atoms with Gasteiger partial charge in [-0.1, -0.05) is 30.4 Å². The molecular formula is C29H33F6N3O2. The smallest absolute Gasteiger partial charge is 0.372 e. The van der Waals surface area contributed by atoms with Crippen LogP contribution in [-0.2, 0) is 23.5 Å². The number of carbonyl (C=O) groups excluding carboxylic acids is 1. The molecule has 5 nitrogen and oxygen atoms in total. The number of alkyl halides is 6. The first-order valence-electron chi connectivity index (χ1n) is 13.2. The first-order chi connectivity index (χ1) is 18.8. The first-order valence-corrected chi connectivity index (χ1v) is 13.2. The molecule has 0 spiro atoms. The van der Waals surface area contributed by atoms with Crippen molar-refractivity contribution < 1.29 is 35.9 Å². The molecule has 1 amide bonds. The van der Waals surface area contributed by atoms with Crippen LogP contribution in [0.1, 0.15) is 38.2 Å². The molecule has 11 heteroatoms. The minimum absolute atomic E-state index is 0.0355. The van der Waals surface area contributed by atoms with E-state index in [2.05, 4.69) is 10.2 Å². The molecule has 0 saturated carbocycles. The molecular weight excluding hydrogens is 536 g/mol. The molecule has 2 heterocycles. The fourth-order valence-corrected chi connectivity index (χ4v) is 5.05. The minimum atomic E-state index is -5.03. The lowest BCUT2D eigenvalue weighted by molar-refractivity contribution is -0.143. The standard InChI is InChI=1S/C29H33F6N3O2/c1-19-5-6-21(12-20(19)2)13-25-18-37(8-3-4-26-17-36-7-11-40-26)9-10-38(25)27(39)22-14-23(28(30,31)32)16-24(15-22)29(33,34)35/h3-6,12,14-16,25-26,36H,7-11,13,17-18H2,1-2H3/b4-3+. The van der Waals surface area contributed by atoms with Crippen LogP contribution >= 0.6 is 0 Å². The van der Waals surface area contributed by atoms with Gasteiger partial charge in [0.2, 0.25) is 0 Å². The molecule has 2 fully saturated rings. The molecule has 40 heavy (non-hydrogen) atoms. The van der Waals surface area contributed by atoms with E-state index >= 15 is 0 Å². The molecule has 1 N–H and O–H groups in total. The van der Waals surface area contributed by atoms with Crippen LogP contribution in [-0.4, -0.2) is 73.7 Å². The molecule has 2 aromatic carbocycles. The van der Waals surface area contributed by atoms with Gasteiger partial charge in [0.15, 0.2) is 0 Å². The number of hydrogen-bond acceptors (Lipinski definition) is 4. The summed E-state index contributed by atoms with van der Waals surface area (Å²) in [4.78, 5) is 17.1. The Hall–Kier alpha value is -2.89. The van der Waals surface area contributed by atoms with Gasteiger partial charge in [-0.3, -0.25) is 9.69 Å². The molecule has 0 aromatic heterocycles. The molecule has 2 aromatic rings. The summed E-state index contributed by atoms with van der Waals surface area (Å²) in [6, 6.07) is 6.50. The Morgan fingerprint density at radius 3 is 2.30 bits per heavy atom. The number of nitrogens with zero attached hydrogens (tertiary/aromatic N) is 2. The topological polar surface area (TPSA) is 44.8 Å². The van der Waals surface area contributed by atoms with E-state index < -0.39 is 41.0 Å². The molecule has 2 saturated heterocycles. The Morgan fingerprint density at radius 1 is 1.00 bits per heavy atom. The quantitative estimate of drug-likeness (QED) is 0.381. The predicted octanol–water partition coefficient (Wildman–Crippen LogP) is 5.25. The van der Waals surface area contributed by atoms with E-state index in [1.807, 2.05) is 44.2 Å². The third-order valence-corrected chi connectivity index (χ3v) is 7.38. The zero-order chi connectivity index (χ0) is 29.1. The zero-order valence-electron chi connectivity index (χ0n) is 22.4. The summed E-state index contributed by atoms with van der Waals surface area (Å²) in [7, 11) is 0. The summed E-state index contributed by atoms with van der Waals surface area (Å²) in [6.45, 7) is 7.66. The molecule has 0 radical (unpaired) electrons. The van der Waals surface area contributed by atoms with Crippen molar-refractivity contribution in [3.05, 3.63) is 81.9 Å². The van der Waals surface area contributed by atoms with Gasteiger partial charge in [0.25, 0.3) is 5.91 Å². The average Bonchev–Trinajstić information content (AvgIpc) is 2.90. The van der Waals surface area contributed by atoms with Crippen molar-refractivity contribution in [2.75, 3.05) is 45.9 Å². The average molecular weight is 570 g/mol. The number of amides is 1. The molecule has 4 rings (SSSR count). The van der Waals surface area contributed by atoms with E-state index in [1.165, 1.54) is 4.90 Å². The number of piperazine rings is 1. The number of ether oxygens (including phenoxy) is 1. The Balaban J connectivity index is 1.59. The summed E-state index contributed by atoms with van der Waals surface area (Å²) in [6.07, 6.45) is -5.72. The van der Waals surface area contributed by atoms with Gasteiger partial charge in [-0.15, -0.1) is 0 Å². The van der Waals surface area contributed by atoms with Gasteiger partial charge in [-0.05, 0) is 55.2 Å². The number of aryl methyl sites for hydroxylation is 2. The second-order valence-corrected chi connectivity index (χ2v) is 10.4. The Bertz CT molecular complexity index is 1190. The molecule has 0 bridgehead atoms. The lowest BCUT2D eigenvalue weighted by Gasteiger charge is -2.41. The maximum Gasteiger partial charge on any atom is 0.416 e. The highest BCUT2D eigenvalue weighted by Crippen LogP contribution is 2.37. The maximum atomic E-state index is 13.5. The largest absolute Gasteiger partial charge is 0.416 e. The Labute approximate surface area is 229 Å². The van der Waals surface area contributed by atoms with Crippen LogP contribution < -0.4 is 5.32 Å². The fraction of sp³-hybridized carbons (Fsp3) is 0.483. The van der Waals surface area contributed by atoms with Crippen LogP contribution in [0.15, 0.2) is 48.6 Å². The van der Waals surface area contributed by atoms with Crippen LogP contribution in [0.25, 0.3) is 0 Å². The molecule has 0 aliphatic carbocycles. The monoisotopic (exact) mass is 569 g/mol. The predicted molar refractivity (Wildman–Crippen MR) is 139 cm³/mol. The van der Waals surface area contributed by atoms with E-state index in [1.54, 1.807) is 0 Å². The number of rotatable bonds is 6. The van der Waals surface area contributed by atoms with E-state index in [0.717, 1.165) is 23.2 Å². The van der Waals surface area contributed by atoms with Crippen molar-refractivity contribution in [3.8, 4) is 0 Å². The molecule has 2 atom stereocenters. The third kappa shape index (κ3) is 7.64. The number of hydrogen-bond donors (Lipinski definition) is 1. The highest BCUT2D eigenvalue weighted by atomic mass is 19.4. The van der Waals surface area contributed by atoms with E-state index in [9.17, 15) is 31.1 Å². The van der Waals surface area contributed by atoms with Crippen LogP contribution in [0, 0.1) is 13.8 Å². The van der Waals surface area contributed by atoms with Crippen molar-refractivity contribution in [2.24, 2.45) is 0 Å². The van der Waals surface area contributed by atoms with Crippen molar-refractivity contribution >= 4 is 5.91 Å². The van der Waals surface area contributed by atoms with Crippen LogP contribution in [0.4, 0.5) is 26.3 Å². The second-order valence-electron chi connectivity index (χ2n) is 10.4. The number of carbonyl (C=O) groups is 1. The highest BCUT2D eigenvalue weighted by Gasteiger charge is 2.39. The van der Waals surface area contributed by atoms with Crippen molar-refractivity contribution in [1.82, 2.24) is 15.1 Å². The van der Waals surface area contributed by atoms with Crippen LogP contribution in [0.3, 0.4) is 0 Å². The second kappa shape index (κ2) is 12.3. The van der Waals surface area contributed by atoms with Crippen molar-refractivity contribution in [3.63, 3.8) is 0 Å². The molecule has 2 unspecified atom stereocenters. The Morgan fingerprint density at radius 2 is 1.70 bits per heavy atom. The molecule has 2 aliphatic heterocycles. The van der Waals surface area contributed by atoms with Gasteiger partial charge in [-0.25, -0.2) is 0 Å². The van der Waals surface area contributed by atoms with Gasteiger partial charge >= 0.3 is 12.4 Å². The number of nitrogens with one attached hydrogen (secondary N) is 1. The summed E-state index contributed by atoms with van der Waals surface area (Å²) in [5, 5.41) is 3.25. The summed E-state index contributed by atoms with van der Waals surface area (Å²) >= 11 is 0.